The van der Waals surface area contributed by atoms with Gasteiger partial charge in [0, 0.05) is 56.7 Å². The number of fused-ring (bicyclic) bond motifs is 2. The fourth-order valence-electron chi connectivity index (χ4n) is 4.42. The second kappa shape index (κ2) is 6.77. The van der Waals surface area contributed by atoms with Crippen molar-refractivity contribution >= 4 is 11.8 Å². The third-order valence-corrected chi connectivity index (χ3v) is 5.72. The third kappa shape index (κ3) is 2.93. The van der Waals surface area contributed by atoms with Crippen LogP contribution in [0, 0.1) is 11.8 Å². The van der Waals surface area contributed by atoms with Gasteiger partial charge in [-0.2, -0.15) is 0 Å². The minimum atomic E-state index is 0.000194. The van der Waals surface area contributed by atoms with Crippen LogP contribution in [0.15, 0.2) is 24.3 Å². The van der Waals surface area contributed by atoms with Crippen molar-refractivity contribution in [3.8, 4) is 0 Å². The maximum atomic E-state index is 12.4. The summed E-state index contributed by atoms with van der Waals surface area (Å²) in [6.07, 6.45) is 1.55. The molecule has 1 N–H and O–H groups in total. The van der Waals surface area contributed by atoms with Gasteiger partial charge in [0.1, 0.15) is 0 Å². The number of amides is 2. The van der Waals surface area contributed by atoms with E-state index in [2.05, 4.69) is 5.32 Å². The molecule has 0 bridgehead atoms. The van der Waals surface area contributed by atoms with Gasteiger partial charge in [0.15, 0.2) is 0 Å². The summed E-state index contributed by atoms with van der Waals surface area (Å²) in [5, 5.41) is 3.15. The fourth-order valence-corrected chi connectivity index (χ4v) is 4.42. The van der Waals surface area contributed by atoms with Crippen LogP contribution in [-0.2, 0) is 20.8 Å². The summed E-state index contributed by atoms with van der Waals surface area (Å²) in [6, 6.07) is 7.76. The quantitative estimate of drug-likeness (QED) is 0.842. The summed E-state index contributed by atoms with van der Waals surface area (Å²) in [6.45, 7) is 2.41. The molecular formula is C19H24N2O4. The molecule has 4 atom stereocenters. The van der Waals surface area contributed by atoms with Gasteiger partial charge in [-0.3, -0.25) is 9.59 Å². The number of carbonyl (C=O) groups is 2. The highest BCUT2D eigenvalue weighted by Gasteiger charge is 2.54. The summed E-state index contributed by atoms with van der Waals surface area (Å²) in [5.41, 5.74) is 1.80. The number of ether oxygens (including phenoxy) is 2. The lowest BCUT2D eigenvalue weighted by Crippen LogP contribution is -2.62. The van der Waals surface area contributed by atoms with Crippen LogP contribution in [0.2, 0.25) is 0 Å². The van der Waals surface area contributed by atoms with Crippen LogP contribution in [0.25, 0.3) is 0 Å². The smallest absolute Gasteiger partial charge is 0.254 e. The fraction of sp³-hybridized carbons (Fsp3) is 0.579. The van der Waals surface area contributed by atoms with E-state index >= 15 is 0 Å². The highest BCUT2D eigenvalue weighted by Crippen LogP contribution is 2.43. The first-order chi connectivity index (χ1) is 12.2. The molecule has 0 spiro atoms. The van der Waals surface area contributed by atoms with E-state index in [-0.39, 0.29) is 29.9 Å². The monoisotopic (exact) mass is 344 g/mol. The van der Waals surface area contributed by atoms with E-state index in [1.165, 1.54) is 0 Å². The van der Waals surface area contributed by atoms with Gasteiger partial charge in [0.05, 0.1) is 12.7 Å². The lowest BCUT2D eigenvalue weighted by atomic mass is 9.67. The lowest BCUT2D eigenvalue weighted by molar-refractivity contribution is -0.130. The second-order valence-electron chi connectivity index (χ2n) is 7.13. The molecule has 2 aliphatic heterocycles. The average Bonchev–Trinajstić information content (AvgIpc) is 3.18. The number of nitrogens with zero attached hydrogens (tertiary/aromatic N) is 1. The Labute approximate surface area is 147 Å². The zero-order valence-electron chi connectivity index (χ0n) is 14.4. The van der Waals surface area contributed by atoms with Gasteiger partial charge in [-0.25, -0.2) is 0 Å². The van der Waals surface area contributed by atoms with Crippen molar-refractivity contribution in [1.82, 2.24) is 10.2 Å². The van der Waals surface area contributed by atoms with Gasteiger partial charge < -0.3 is 19.7 Å². The summed E-state index contributed by atoms with van der Waals surface area (Å²) in [4.78, 5) is 26.5. The molecule has 2 amide bonds. The van der Waals surface area contributed by atoms with Crippen molar-refractivity contribution in [1.29, 1.82) is 0 Å². The number of methoxy groups -OCH3 is 1. The SMILES string of the molecule is COC[C@@H]1[C@H](NC(=O)CCN2Cc3ccccc3C2=O)[C@@H]2CCO[C@H]12. The second-order valence-corrected chi connectivity index (χ2v) is 7.13. The van der Waals surface area contributed by atoms with Gasteiger partial charge >= 0.3 is 0 Å². The molecule has 1 saturated carbocycles. The standard InChI is InChI=1S/C19H24N2O4/c1-24-11-15-17(14-7-9-25-18(14)15)20-16(22)6-8-21-10-12-4-2-3-5-13(12)19(21)23/h2-5,14-15,17-18H,6-11H2,1H3,(H,20,22)/t14-,15+,17+,18-/m0/s1. The van der Waals surface area contributed by atoms with Crippen LogP contribution in [0.1, 0.15) is 28.8 Å². The first-order valence-corrected chi connectivity index (χ1v) is 8.96. The zero-order chi connectivity index (χ0) is 17.4. The number of carbonyl (C=O) groups excluding carboxylic acids is 2. The molecule has 134 valence electrons. The number of hydrogen-bond acceptors (Lipinski definition) is 4. The normalized spacial score (nSPS) is 30.0. The van der Waals surface area contributed by atoms with Crippen molar-refractivity contribution in [2.75, 3.05) is 26.9 Å². The Morgan fingerprint density at radius 1 is 1.40 bits per heavy atom. The third-order valence-electron chi connectivity index (χ3n) is 5.72. The van der Waals surface area contributed by atoms with Crippen LogP contribution in [0.5, 0.6) is 0 Å². The van der Waals surface area contributed by atoms with Gasteiger partial charge in [-0.05, 0) is 18.1 Å². The molecule has 4 rings (SSSR count). The molecule has 1 saturated heterocycles. The number of hydrogen-bond donors (Lipinski definition) is 1. The minimum absolute atomic E-state index is 0.000194. The van der Waals surface area contributed by atoms with E-state index in [9.17, 15) is 9.59 Å². The molecule has 1 aromatic rings. The molecule has 6 nitrogen and oxygen atoms in total. The summed E-state index contributed by atoms with van der Waals surface area (Å²) >= 11 is 0. The van der Waals surface area contributed by atoms with E-state index in [4.69, 9.17) is 9.47 Å². The van der Waals surface area contributed by atoms with Crippen LogP contribution in [0.3, 0.4) is 0 Å². The number of rotatable bonds is 6. The molecule has 25 heavy (non-hydrogen) atoms. The Bertz CT molecular complexity index is 677. The lowest BCUT2D eigenvalue weighted by Gasteiger charge is -2.47. The predicted octanol–water partition coefficient (Wildman–Crippen LogP) is 1.20. The highest BCUT2D eigenvalue weighted by atomic mass is 16.5. The highest BCUT2D eigenvalue weighted by molar-refractivity contribution is 5.98. The molecule has 6 heteroatoms. The van der Waals surface area contributed by atoms with Crippen molar-refractivity contribution in [3.05, 3.63) is 35.4 Å². The molecule has 2 heterocycles. The maximum Gasteiger partial charge on any atom is 0.254 e. The van der Waals surface area contributed by atoms with Gasteiger partial charge in [-0.15, -0.1) is 0 Å². The molecule has 0 unspecified atom stereocenters. The Kier molecular flexibility index (Phi) is 4.48. The number of nitrogens with one attached hydrogen (secondary N) is 1. The number of benzene rings is 1. The van der Waals surface area contributed by atoms with E-state index < -0.39 is 0 Å². The van der Waals surface area contributed by atoms with Gasteiger partial charge in [-0.1, -0.05) is 18.2 Å². The molecule has 1 aromatic carbocycles. The zero-order valence-corrected chi connectivity index (χ0v) is 14.4. The average molecular weight is 344 g/mol. The first kappa shape index (κ1) is 16.5. The van der Waals surface area contributed by atoms with E-state index in [0.29, 0.717) is 32.0 Å². The minimum Gasteiger partial charge on any atom is -0.384 e. The molecular weight excluding hydrogens is 320 g/mol. The Morgan fingerprint density at radius 3 is 3.04 bits per heavy atom. The van der Waals surface area contributed by atoms with Crippen LogP contribution in [0.4, 0.5) is 0 Å². The predicted molar refractivity (Wildman–Crippen MR) is 90.9 cm³/mol. The molecule has 1 aliphatic carbocycles. The van der Waals surface area contributed by atoms with Gasteiger partial charge in [0.2, 0.25) is 5.91 Å². The largest absolute Gasteiger partial charge is 0.384 e. The van der Waals surface area contributed by atoms with Gasteiger partial charge in [0.25, 0.3) is 5.91 Å². The van der Waals surface area contributed by atoms with E-state index in [1.807, 2.05) is 24.3 Å². The first-order valence-electron chi connectivity index (χ1n) is 8.96. The van der Waals surface area contributed by atoms with Crippen LogP contribution >= 0.6 is 0 Å². The van der Waals surface area contributed by atoms with Crippen molar-refractivity contribution < 1.29 is 19.1 Å². The topological polar surface area (TPSA) is 67.9 Å². The maximum absolute atomic E-state index is 12.4. The summed E-state index contributed by atoms with van der Waals surface area (Å²) < 4.78 is 11.0. The Hall–Kier alpha value is -1.92. The molecule has 3 aliphatic rings. The Balaban J connectivity index is 1.29. The van der Waals surface area contributed by atoms with E-state index in [1.54, 1.807) is 12.0 Å². The van der Waals surface area contributed by atoms with Crippen LogP contribution in [-0.4, -0.2) is 55.7 Å². The molecule has 0 radical (unpaired) electrons. The Morgan fingerprint density at radius 2 is 2.24 bits per heavy atom. The van der Waals surface area contributed by atoms with Crippen LogP contribution < -0.4 is 5.32 Å². The summed E-state index contributed by atoms with van der Waals surface area (Å²) in [5.74, 6) is 0.662. The van der Waals surface area contributed by atoms with E-state index in [0.717, 1.165) is 24.2 Å². The van der Waals surface area contributed by atoms with Crippen molar-refractivity contribution in [3.63, 3.8) is 0 Å². The molecule has 0 aromatic heterocycles. The van der Waals surface area contributed by atoms with Crippen molar-refractivity contribution in [2.45, 2.75) is 31.5 Å². The molecule has 2 fully saturated rings. The summed E-state index contributed by atoms with van der Waals surface area (Å²) in [7, 11) is 1.68. The van der Waals surface area contributed by atoms with Crippen molar-refractivity contribution in [2.24, 2.45) is 11.8 Å².